The third-order valence-corrected chi connectivity index (χ3v) is 6.98. The second-order valence-corrected chi connectivity index (χ2v) is 9.39. The van der Waals surface area contributed by atoms with Crippen LogP contribution >= 0.6 is 0 Å². The molecule has 2 aromatic rings. The van der Waals surface area contributed by atoms with Gasteiger partial charge in [0.05, 0.1) is 6.10 Å². The van der Waals surface area contributed by atoms with Crippen molar-refractivity contribution < 1.29 is 9.53 Å². The van der Waals surface area contributed by atoms with Crippen LogP contribution < -0.4 is 15.5 Å². The summed E-state index contributed by atoms with van der Waals surface area (Å²) in [7, 11) is 0. The van der Waals surface area contributed by atoms with E-state index in [9.17, 15) is 4.79 Å². The molecule has 7 heteroatoms. The molecule has 1 aromatic heterocycles. The first-order valence-electron chi connectivity index (χ1n) is 12.4. The number of nitrogens with zero attached hydrogens (tertiary/aromatic N) is 3. The molecule has 2 atom stereocenters. The average Bonchev–Trinajstić information content (AvgIpc) is 3.38. The summed E-state index contributed by atoms with van der Waals surface area (Å²) in [4.78, 5) is 24.0. The van der Waals surface area contributed by atoms with E-state index < -0.39 is 0 Å². The minimum atomic E-state index is 0.183. The van der Waals surface area contributed by atoms with E-state index in [0.717, 1.165) is 75.4 Å². The average molecular weight is 452 g/mol. The van der Waals surface area contributed by atoms with E-state index in [1.165, 1.54) is 5.69 Å². The largest absolute Gasteiger partial charge is 0.376 e. The van der Waals surface area contributed by atoms with Crippen molar-refractivity contribution in [1.29, 1.82) is 0 Å². The van der Waals surface area contributed by atoms with E-state index in [1.807, 2.05) is 13.1 Å². The van der Waals surface area contributed by atoms with Crippen LogP contribution in [0.3, 0.4) is 0 Å². The monoisotopic (exact) mass is 451 g/mol. The molecular weight excluding hydrogens is 414 g/mol. The zero-order valence-corrected chi connectivity index (χ0v) is 20.1. The van der Waals surface area contributed by atoms with E-state index in [2.05, 4.69) is 63.6 Å². The fourth-order valence-electron chi connectivity index (χ4n) is 4.61. The summed E-state index contributed by atoms with van der Waals surface area (Å²) in [5, 5.41) is 6.72. The fourth-order valence-corrected chi connectivity index (χ4v) is 4.61. The van der Waals surface area contributed by atoms with Crippen molar-refractivity contribution in [2.24, 2.45) is 11.8 Å². The maximum Gasteiger partial charge on any atom is 0.229 e. The molecule has 0 bridgehead atoms. The van der Waals surface area contributed by atoms with Gasteiger partial charge in [0.15, 0.2) is 0 Å². The molecule has 2 aliphatic heterocycles. The van der Waals surface area contributed by atoms with Crippen molar-refractivity contribution >= 4 is 28.9 Å². The number of hydrogen-bond donors (Lipinski definition) is 2. The van der Waals surface area contributed by atoms with Crippen LogP contribution in [0.4, 0.5) is 23.1 Å². The lowest BCUT2D eigenvalue weighted by Crippen LogP contribution is -2.37. The first-order valence-corrected chi connectivity index (χ1v) is 12.4. The number of piperidine rings is 1. The summed E-state index contributed by atoms with van der Waals surface area (Å²) in [6.07, 6.45) is 7.16. The van der Waals surface area contributed by atoms with Crippen LogP contribution in [-0.2, 0) is 9.53 Å². The van der Waals surface area contributed by atoms with Gasteiger partial charge < -0.3 is 20.3 Å². The van der Waals surface area contributed by atoms with Crippen LogP contribution in [0.2, 0.25) is 0 Å². The minimum Gasteiger partial charge on any atom is -0.376 e. The molecule has 2 aliphatic rings. The van der Waals surface area contributed by atoms with E-state index >= 15 is 0 Å². The zero-order chi connectivity index (χ0) is 23.2. The number of anilines is 4. The molecule has 4 rings (SSSR count). The highest BCUT2D eigenvalue weighted by Gasteiger charge is 2.27. The zero-order valence-electron chi connectivity index (χ0n) is 20.1. The highest BCUT2D eigenvalue weighted by atomic mass is 16.5. The van der Waals surface area contributed by atoms with Gasteiger partial charge in [-0.1, -0.05) is 13.8 Å². The number of aromatic nitrogens is 2. The van der Waals surface area contributed by atoms with Crippen molar-refractivity contribution in [2.45, 2.75) is 59.0 Å². The lowest BCUT2D eigenvalue weighted by atomic mass is 9.85. The maximum absolute atomic E-state index is 12.5. The summed E-state index contributed by atoms with van der Waals surface area (Å²) in [6.45, 7) is 9.65. The molecule has 3 heterocycles. The molecule has 33 heavy (non-hydrogen) atoms. The van der Waals surface area contributed by atoms with Crippen LogP contribution in [0, 0.1) is 18.8 Å². The number of rotatable bonds is 9. The Kier molecular flexibility index (Phi) is 7.81. The Morgan fingerprint density at radius 1 is 1.21 bits per heavy atom. The van der Waals surface area contributed by atoms with Gasteiger partial charge in [-0.25, -0.2) is 4.98 Å². The van der Waals surface area contributed by atoms with Crippen molar-refractivity contribution in [2.75, 3.05) is 41.8 Å². The highest BCUT2D eigenvalue weighted by Crippen LogP contribution is 2.28. The molecule has 2 saturated heterocycles. The molecule has 2 unspecified atom stereocenters. The summed E-state index contributed by atoms with van der Waals surface area (Å²) in [5.41, 5.74) is 3.16. The molecular formula is C26H37N5O2. The van der Waals surface area contributed by atoms with Gasteiger partial charge in [-0.3, -0.25) is 4.79 Å². The molecule has 0 amide bonds. The highest BCUT2D eigenvalue weighted by molar-refractivity contribution is 5.83. The van der Waals surface area contributed by atoms with Gasteiger partial charge in [0, 0.05) is 61.2 Å². The first kappa shape index (κ1) is 23.5. The Bertz CT molecular complexity index is 919. The second-order valence-electron chi connectivity index (χ2n) is 9.39. The molecule has 0 saturated carbocycles. The van der Waals surface area contributed by atoms with E-state index in [-0.39, 0.29) is 17.9 Å². The van der Waals surface area contributed by atoms with Gasteiger partial charge >= 0.3 is 0 Å². The van der Waals surface area contributed by atoms with Gasteiger partial charge in [-0.05, 0) is 63.3 Å². The number of Topliss-reactive ketones (excluding diaryl/α,β-unsaturated/α-hetero) is 1. The number of ketones is 1. The number of nitrogens with one attached hydrogen (secondary N) is 2. The lowest BCUT2D eigenvalue weighted by Gasteiger charge is -2.34. The standard InChI is InChI=1S/C26H37N5O2/c1-4-18(2)24(32)20-11-13-31(14-12-20)22-9-7-21(8-10-22)29-26-28-16-19(3)25(30-26)27-17-23-6-5-15-33-23/h7-10,16,18,20,23H,4-6,11-15,17H2,1-3H3,(H2,27,28,29,30). The normalized spacial score (nSPS) is 20.0. The quantitative estimate of drug-likeness (QED) is 0.558. The number of benzene rings is 1. The van der Waals surface area contributed by atoms with Gasteiger partial charge in [0.25, 0.3) is 0 Å². The third kappa shape index (κ3) is 6.02. The predicted octanol–water partition coefficient (Wildman–Crippen LogP) is 4.95. The molecule has 2 fully saturated rings. The Labute approximate surface area is 197 Å². The van der Waals surface area contributed by atoms with Crippen LogP contribution in [-0.4, -0.2) is 48.1 Å². The third-order valence-electron chi connectivity index (χ3n) is 6.98. The maximum atomic E-state index is 12.5. The smallest absolute Gasteiger partial charge is 0.229 e. The van der Waals surface area contributed by atoms with Gasteiger partial charge in [-0.15, -0.1) is 0 Å². The van der Waals surface area contributed by atoms with Crippen LogP contribution in [0.1, 0.15) is 51.5 Å². The van der Waals surface area contributed by atoms with Crippen LogP contribution in [0.5, 0.6) is 0 Å². The van der Waals surface area contributed by atoms with Crippen molar-refractivity contribution in [3.05, 3.63) is 36.0 Å². The van der Waals surface area contributed by atoms with Crippen LogP contribution in [0.25, 0.3) is 0 Å². The number of carbonyl (C=O) groups is 1. The summed E-state index contributed by atoms with van der Waals surface area (Å²) in [6, 6.07) is 8.39. The first-order chi connectivity index (χ1) is 16.0. The van der Waals surface area contributed by atoms with Crippen molar-refractivity contribution in [3.8, 4) is 0 Å². The number of aryl methyl sites for hydroxylation is 1. The molecule has 0 aliphatic carbocycles. The molecule has 0 spiro atoms. The van der Waals surface area contributed by atoms with Gasteiger partial charge in [-0.2, -0.15) is 4.98 Å². The topological polar surface area (TPSA) is 79.4 Å². The second kappa shape index (κ2) is 11.0. The van der Waals surface area contributed by atoms with Gasteiger partial charge in [0.1, 0.15) is 11.6 Å². The molecule has 2 N–H and O–H groups in total. The summed E-state index contributed by atoms with van der Waals surface area (Å²) in [5.74, 6) is 2.27. The molecule has 178 valence electrons. The number of ether oxygens (including phenoxy) is 1. The van der Waals surface area contributed by atoms with Crippen molar-refractivity contribution in [1.82, 2.24) is 9.97 Å². The molecule has 7 nitrogen and oxygen atoms in total. The Morgan fingerprint density at radius 2 is 1.97 bits per heavy atom. The Hall–Kier alpha value is -2.67. The molecule has 1 aromatic carbocycles. The van der Waals surface area contributed by atoms with E-state index in [4.69, 9.17) is 4.74 Å². The Balaban J connectivity index is 1.31. The number of hydrogen-bond acceptors (Lipinski definition) is 7. The van der Waals surface area contributed by atoms with E-state index in [1.54, 1.807) is 0 Å². The predicted molar refractivity (Wildman–Crippen MR) is 133 cm³/mol. The lowest BCUT2D eigenvalue weighted by molar-refractivity contribution is -0.127. The van der Waals surface area contributed by atoms with E-state index in [0.29, 0.717) is 11.7 Å². The summed E-state index contributed by atoms with van der Waals surface area (Å²) >= 11 is 0. The minimum absolute atomic E-state index is 0.183. The Morgan fingerprint density at radius 3 is 2.64 bits per heavy atom. The number of carbonyl (C=O) groups excluding carboxylic acids is 1. The van der Waals surface area contributed by atoms with Crippen molar-refractivity contribution in [3.63, 3.8) is 0 Å². The van der Waals surface area contributed by atoms with Gasteiger partial charge in [0.2, 0.25) is 5.95 Å². The van der Waals surface area contributed by atoms with Crippen LogP contribution in [0.15, 0.2) is 30.5 Å². The molecule has 0 radical (unpaired) electrons. The summed E-state index contributed by atoms with van der Waals surface area (Å²) < 4.78 is 5.69. The SMILES string of the molecule is CCC(C)C(=O)C1CCN(c2ccc(Nc3ncc(C)c(NCC4CCCO4)n3)cc2)CC1. The fraction of sp³-hybridized carbons (Fsp3) is 0.577.